The van der Waals surface area contributed by atoms with Crippen LogP contribution in [0.3, 0.4) is 0 Å². The summed E-state index contributed by atoms with van der Waals surface area (Å²) >= 11 is 0. The van der Waals surface area contributed by atoms with Crippen LogP contribution in [0.15, 0.2) is 0 Å². The summed E-state index contributed by atoms with van der Waals surface area (Å²) in [5.74, 6) is -2.72. The molecular weight excluding hydrogens is 150 g/mol. The molecule has 0 saturated carbocycles. The van der Waals surface area contributed by atoms with E-state index in [0.717, 1.165) is 0 Å². The maximum Gasteiger partial charge on any atom is 0.455 e. The van der Waals surface area contributed by atoms with E-state index in [4.69, 9.17) is 0 Å². The Kier molecular flexibility index (Phi) is 3.36. The Labute approximate surface area is 63.5 Å². The summed E-state index contributed by atoms with van der Waals surface area (Å²) in [5.41, 5.74) is 0. The highest BCUT2D eigenvalue weighted by molar-refractivity contribution is 5.96. The normalized spacial score (nSPS) is 12.2. The van der Waals surface area contributed by atoms with Gasteiger partial charge in [-0.15, -0.1) is 0 Å². The molecule has 5 heteroatoms. The predicted octanol–water partition coefficient (Wildman–Crippen LogP) is 0.405. The molecule has 0 fully saturated rings. The molecule has 0 aliphatic heterocycles. The van der Waals surface area contributed by atoms with Gasteiger partial charge in [0.1, 0.15) is 16.6 Å². The number of hydrogen-bond acceptors (Lipinski definition) is 4. The van der Waals surface area contributed by atoms with Crippen LogP contribution in [0.2, 0.25) is 0 Å². The Morgan fingerprint density at radius 3 is 2.09 bits per heavy atom. The SMILES string of the molecule is CCC(C(C)=O)C(=O)[N+](=O)[O-]. The molecular formula is C6H9NO4. The van der Waals surface area contributed by atoms with Gasteiger partial charge in [0.05, 0.1) is 0 Å². The van der Waals surface area contributed by atoms with E-state index in [0.29, 0.717) is 0 Å². The second-order valence-electron chi connectivity index (χ2n) is 2.17. The lowest BCUT2D eigenvalue weighted by Gasteiger charge is -2.00. The van der Waals surface area contributed by atoms with Gasteiger partial charge < -0.3 is 0 Å². The highest BCUT2D eigenvalue weighted by atomic mass is 16.6. The molecule has 1 atom stereocenters. The number of carbonyl (C=O) groups excluding carboxylic acids is 2. The first-order valence-electron chi connectivity index (χ1n) is 3.19. The van der Waals surface area contributed by atoms with Gasteiger partial charge in [-0.2, -0.15) is 0 Å². The molecule has 1 unspecified atom stereocenters. The summed E-state index contributed by atoms with van der Waals surface area (Å²) in [6.07, 6.45) is 0.190. The van der Waals surface area contributed by atoms with Crippen molar-refractivity contribution >= 4 is 11.7 Å². The number of ketones is 1. The third-order valence-corrected chi connectivity index (χ3v) is 1.38. The number of nitro groups is 1. The van der Waals surface area contributed by atoms with Gasteiger partial charge in [0.15, 0.2) is 0 Å². The molecule has 0 bridgehead atoms. The zero-order valence-corrected chi connectivity index (χ0v) is 6.36. The highest BCUT2D eigenvalue weighted by Crippen LogP contribution is 2.05. The van der Waals surface area contributed by atoms with Crippen LogP contribution in [-0.2, 0) is 9.59 Å². The van der Waals surface area contributed by atoms with Gasteiger partial charge in [-0.25, -0.2) is 4.79 Å². The topological polar surface area (TPSA) is 77.3 Å². The van der Waals surface area contributed by atoms with E-state index in [1.807, 2.05) is 0 Å². The van der Waals surface area contributed by atoms with Crippen LogP contribution in [0.5, 0.6) is 0 Å². The van der Waals surface area contributed by atoms with Gasteiger partial charge in [-0.05, 0) is 13.3 Å². The molecule has 62 valence electrons. The highest BCUT2D eigenvalue weighted by Gasteiger charge is 2.31. The number of carbonyl (C=O) groups is 2. The maximum absolute atomic E-state index is 10.6. The second-order valence-corrected chi connectivity index (χ2v) is 2.17. The molecule has 5 nitrogen and oxygen atoms in total. The number of nitrogens with zero attached hydrogens (tertiary/aromatic N) is 1. The predicted molar refractivity (Wildman–Crippen MR) is 36.5 cm³/mol. The van der Waals surface area contributed by atoms with Crippen LogP contribution in [0.1, 0.15) is 20.3 Å². The molecule has 11 heavy (non-hydrogen) atoms. The summed E-state index contributed by atoms with van der Waals surface area (Å²) in [6, 6.07) is 0. The van der Waals surface area contributed by atoms with Gasteiger partial charge in [-0.1, -0.05) is 6.92 Å². The Morgan fingerprint density at radius 2 is 2.00 bits per heavy atom. The molecule has 0 rings (SSSR count). The lowest BCUT2D eigenvalue weighted by Crippen LogP contribution is -2.27. The fraction of sp³-hybridized carbons (Fsp3) is 0.667. The van der Waals surface area contributed by atoms with Gasteiger partial charge in [0.25, 0.3) is 0 Å². The Bertz CT molecular complexity index is 199. The van der Waals surface area contributed by atoms with Crippen molar-refractivity contribution in [1.82, 2.24) is 0 Å². The molecule has 0 aromatic rings. The van der Waals surface area contributed by atoms with E-state index in [1.165, 1.54) is 6.92 Å². The van der Waals surface area contributed by atoms with E-state index in [1.54, 1.807) is 6.92 Å². The van der Waals surface area contributed by atoms with Gasteiger partial charge >= 0.3 is 5.91 Å². The van der Waals surface area contributed by atoms with E-state index in [9.17, 15) is 19.7 Å². The Morgan fingerprint density at radius 1 is 1.55 bits per heavy atom. The molecule has 0 radical (unpaired) electrons. The van der Waals surface area contributed by atoms with Crippen molar-refractivity contribution in [1.29, 1.82) is 0 Å². The molecule has 1 amide bonds. The van der Waals surface area contributed by atoms with Crippen LogP contribution in [-0.4, -0.2) is 16.6 Å². The third kappa shape index (κ3) is 2.45. The molecule has 0 N–H and O–H groups in total. The number of hydrogen-bond donors (Lipinski definition) is 0. The Hall–Kier alpha value is -1.26. The summed E-state index contributed by atoms with van der Waals surface area (Å²) in [6.45, 7) is 2.74. The zero-order chi connectivity index (χ0) is 9.02. The summed E-state index contributed by atoms with van der Waals surface area (Å²) in [7, 11) is 0. The fourth-order valence-corrected chi connectivity index (χ4v) is 0.763. The minimum atomic E-state index is -1.21. The minimum absolute atomic E-state index is 0.190. The summed E-state index contributed by atoms with van der Waals surface area (Å²) < 4.78 is 0. The van der Waals surface area contributed by atoms with Crippen molar-refractivity contribution < 1.29 is 14.5 Å². The monoisotopic (exact) mass is 159 g/mol. The quantitative estimate of drug-likeness (QED) is 0.339. The van der Waals surface area contributed by atoms with E-state index >= 15 is 0 Å². The summed E-state index contributed by atoms with van der Waals surface area (Å²) in [4.78, 5) is 30.1. The van der Waals surface area contributed by atoms with E-state index < -0.39 is 22.5 Å². The van der Waals surface area contributed by atoms with Crippen molar-refractivity contribution in [3.8, 4) is 0 Å². The van der Waals surface area contributed by atoms with E-state index in [-0.39, 0.29) is 6.42 Å². The summed E-state index contributed by atoms with van der Waals surface area (Å²) in [5, 5.41) is 9.91. The second kappa shape index (κ2) is 3.80. The first-order chi connectivity index (χ1) is 5.00. The minimum Gasteiger partial charge on any atom is -0.299 e. The molecule has 0 aromatic heterocycles. The lowest BCUT2D eigenvalue weighted by atomic mass is 10.0. The van der Waals surface area contributed by atoms with Gasteiger partial charge in [-0.3, -0.25) is 14.9 Å². The molecule has 0 aromatic carbocycles. The molecule has 0 saturated heterocycles. The zero-order valence-electron chi connectivity index (χ0n) is 6.36. The van der Waals surface area contributed by atoms with Gasteiger partial charge in [0.2, 0.25) is 0 Å². The van der Waals surface area contributed by atoms with Crippen LogP contribution < -0.4 is 0 Å². The average molecular weight is 159 g/mol. The number of rotatable bonds is 3. The molecule has 0 heterocycles. The lowest BCUT2D eigenvalue weighted by molar-refractivity contribution is -0.405. The third-order valence-electron chi connectivity index (χ3n) is 1.38. The van der Waals surface area contributed by atoms with Crippen molar-refractivity contribution in [3.05, 3.63) is 10.1 Å². The number of amides is 1. The van der Waals surface area contributed by atoms with Crippen LogP contribution in [0.25, 0.3) is 0 Å². The van der Waals surface area contributed by atoms with Crippen molar-refractivity contribution in [2.24, 2.45) is 5.92 Å². The first-order valence-corrected chi connectivity index (χ1v) is 3.19. The average Bonchev–Trinajstić information content (AvgIpc) is 1.88. The smallest absolute Gasteiger partial charge is 0.299 e. The van der Waals surface area contributed by atoms with E-state index in [2.05, 4.69) is 0 Å². The Balaban J connectivity index is 4.39. The largest absolute Gasteiger partial charge is 0.455 e. The standard InChI is InChI=1S/C6H9NO4/c1-3-5(4(2)8)6(9)7(10)11/h5H,3H2,1-2H3. The van der Waals surface area contributed by atoms with Crippen molar-refractivity contribution in [2.45, 2.75) is 20.3 Å². The fourth-order valence-electron chi connectivity index (χ4n) is 0.763. The maximum atomic E-state index is 10.6. The first kappa shape index (κ1) is 9.74. The van der Waals surface area contributed by atoms with Crippen molar-refractivity contribution in [2.75, 3.05) is 0 Å². The molecule has 0 aliphatic carbocycles. The van der Waals surface area contributed by atoms with Crippen LogP contribution in [0.4, 0.5) is 0 Å². The van der Waals surface area contributed by atoms with Crippen LogP contribution in [0, 0.1) is 16.0 Å². The molecule has 0 spiro atoms. The number of Topliss-reactive ketones (excluding diaryl/α,β-unsaturated/α-hetero) is 1. The molecule has 0 aliphatic rings. The van der Waals surface area contributed by atoms with Gasteiger partial charge in [0, 0.05) is 0 Å². The van der Waals surface area contributed by atoms with Crippen molar-refractivity contribution in [3.63, 3.8) is 0 Å². The van der Waals surface area contributed by atoms with Crippen LogP contribution >= 0.6 is 0 Å².